The Hall–Kier alpha value is -1.72. The van der Waals surface area contributed by atoms with Gasteiger partial charge in [-0.3, -0.25) is 0 Å². The molecule has 4 N–H and O–H groups in total. The van der Waals surface area contributed by atoms with Crippen LogP contribution in [0.4, 0.5) is 0 Å². The second-order valence-corrected chi connectivity index (χ2v) is 3.96. The Balaban J connectivity index is 2.43. The third kappa shape index (κ3) is 2.57. The summed E-state index contributed by atoms with van der Waals surface area (Å²) in [6.45, 7) is 0. The standard InChI is InChI=1S/C14H14O4/c15-13(16)10-7-5-9(6-8-10)11-3-1-2-4-12(11)14(17)18/h1-8,13-18H. The van der Waals surface area contributed by atoms with E-state index in [1.165, 1.54) is 0 Å². The highest BCUT2D eigenvalue weighted by molar-refractivity contribution is 5.67. The summed E-state index contributed by atoms with van der Waals surface area (Å²) in [5, 5.41) is 36.6. The number of benzene rings is 2. The molecule has 0 radical (unpaired) electrons. The van der Waals surface area contributed by atoms with Gasteiger partial charge in [-0.05, 0) is 11.1 Å². The molecule has 0 saturated carbocycles. The quantitative estimate of drug-likeness (QED) is 0.616. The molecule has 0 spiro atoms. The van der Waals surface area contributed by atoms with Crippen LogP contribution in [0.3, 0.4) is 0 Å². The van der Waals surface area contributed by atoms with Crippen molar-refractivity contribution in [2.24, 2.45) is 0 Å². The molecular weight excluding hydrogens is 232 g/mol. The maximum Gasteiger partial charge on any atom is 0.179 e. The van der Waals surface area contributed by atoms with E-state index in [0.717, 1.165) is 5.56 Å². The van der Waals surface area contributed by atoms with Gasteiger partial charge in [-0.2, -0.15) is 0 Å². The van der Waals surface area contributed by atoms with Crippen molar-refractivity contribution >= 4 is 0 Å². The lowest BCUT2D eigenvalue weighted by molar-refractivity contribution is -0.0430. The van der Waals surface area contributed by atoms with Crippen molar-refractivity contribution in [3.8, 4) is 11.1 Å². The van der Waals surface area contributed by atoms with Crippen molar-refractivity contribution in [1.82, 2.24) is 0 Å². The van der Waals surface area contributed by atoms with Gasteiger partial charge in [-0.1, -0.05) is 48.5 Å². The van der Waals surface area contributed by atoms with Crippen molar-refractivity contribution in [1.29, 1.82) is 0 Å². The fourth-order valence-electron chi connectivity index (χ4n) is 1.82. The van der Waals surface area contributed by atoms with Crippen LogP contribution < -0.4 is 0 Å². The average molecular weight is 246 g/mol. The fourth-order valence-corrected chi connectivity index (χ4v) is 1.82. The number of hydrogen-bond donors (Lipinski definition) is 4. The highest BCUT2D eigenvalue weighted by Gasteiger charge is 2.10. The molecule has 0 aliphatic carbocycles. The Morgan fingerprint density at radius 1 is 0.667 bits per heavy atom. The Morgan fingerprint density at radius 2 is 1.28 bits per heavy atom. The molecule has 0 saturated heterocycles. The summed E-state index contributed by atoms with van der Waals surface area (Å²) in [5.74, 6) is 0. The minimum atomic E-state index is -1.54. The molecule has 4 heteroatoms. The van der Waals surface area contributed by atoms with E-state index in [-0.39, 0.29) is 0 Å². The smallest absolute Gasteiger partial charge is 0.179 e. The maximum absolute atomic E-state index is 9.28. The molecule has 4 nitrogen and oxygen atoms in total. The van der Waals surface area contributed by atoms with Gasteiger partial charge in [0, 0.05) is 11.1 Å². The van der Waals surface area contributed by atoms with Crippen molar-refractivity contribution in [2.75, 3.05) is 0 Å². The van der Waals surface area contributed by atoms with Crippen LogP contribution in [0.1, 0.15) is 23.7 Å². The van der Waals surface area contributed by atoms with Crippen molar-refractivity contribution in [2.45, 2.75) is 12.6 Å². The van der Waals surface area contributed by atoms with Crippen molar-refractivity contribution < 1.29 is 20.4 Å². The summed E-state index contributed by atoms with van der Waals surface area (Å²) in [6, 6.07) is 13.5. The van der Waals surface area contributed by atoms with E-state index < -0.39 is 12.6 Å². The first-order valence-corrected chi connectivity index (χ1v) is 5.51. The second-order valence-electron chi connectivity index (χ2n) is 3.96. The van der Waals surface area contributed by atoms with Crippen LogP contribution in [0.5, 0.6) is 0 Å². The summed E-state index contributed by atoms with van der Waals surface area (Å²) in [5.41, 5.74) is 2.28. The summed E-state index contributed by atoms with van der Waals surface area (Å²) >= 11 is 0. The molecule has 94 valence electrons. The zero-order chi connectivity index (χ0) is 13.1. The van der Waals surface area contributed by atoms with Crippen LogP contribution in [0.25, 0.3) is 11.1 Å². The van der Waals surface area contributed by atoms with Crippen LogP contribution in [0.2, 0.25) is 0 Å². The van der Waals surface area contributed by atoms with Crippen LogP contribution in [-0.2, 0) is 0 Å². The minimum Gasteiger partial charge on any atom is -0.364 e. The number of hydrogen-bond acceptors (Lipinski definition) is 4. The molecule has 0 fully saturated rings. The maximum atomic E-state index is 9.28. The molecule has 2 rings (SSSR count). The van der Waals surface area contributed by atoms with E-state index in [2.05, 4.69) is 0 Å². The SMILES string of the molecule is OC(O)c1ccc(-c2ccccc2C(O)O)cc1. The Kier molecular flexibility index (Phi) is 3.74. The van der Waals surface area contributed by atoms with Crippen LogP contribution in [0.15, 0.2) is 48.5 Å². The molecule has 2 aromatic carbocycles. The molecule has 0 aliphatic rings. The molecule has 0 aliphatic heterocycles. The summed E-state index contributed by atoms with van der Waals surface area (Å²) < 4.78 is 0. The summed E-state index contributed by atoms with van der Waals surface area (Å²) in [4.78, 5) is 0. The Labute approximate surface area is 104 Å². The van der Waals surface area contributed by atoms with Gasteiger partial charge < -0.3 is 20.4 Å². The van der Waals surface area contributed by atoms with Gasteiger partial charge in [0.25, 0.3) is 0 Å². The van der Waals surface area contributed by atoms with Gasteiger partial charge in [-0.15, -0.1) is 0 Å². The topological polar surface area (TPSA) is 80.9 Å². The molecular formula is C14H14O4. The lowest BCUT2D eigenvalue weighted by atomic mass is 9.98. The largest absolute Gasteiger partial charge is 0.364 e. The van der Waals surface area contributed by atoms with E-state index >= 15 is 0 Å². The second kappa shape index (κ2) is 5.29. The first-order chi connectivity index (χ1) is 8.59. The lowest BCUT2D eigenvalue weighted by Gasteiger charge is -2.12. The molecule has 2 aromatic rings. The molecule has 0 unspecified atom stereocenters. The zero-order valence-corrected chi connectivity index (χ0v) is 9.56. The zero-order valence-electron chi connectivity index (χ0n) is 9.56. The fraction of sp³-hybridized carbons (Fsp3) is 0.143. The van der Waals surface area contributed by atoms with Crippen LogP contribution in [0, 0.1) is 0 Å². The Bertz CT molecular complexity index is 518. The lowest BCUT2D eigenvalue weighted by Crippen LogP contribution is -1.98. The van der Waals surface area contributed by atoms with E-state index in [9.17, 15) is 10.2 Å². The predicted molar refractivity (Wildman–Crippen MR) is 66.2 cm³/mol. The normalized spacial score (nSPS) is 11.2. The molecule has 0 atom stereocenters. The number of aliphatic hydroxyl groups is 4. The van der Waals surface area contributed by atoms with Crippen LogP contribution >= 0.6 is 0 Å². The average Bonchev–Trinajstić information content (AvgIpc) is 2.39. The summed E-state index contributed by atoms with van der Waals surface area (Å²) in [6.07, 6.45) is -3.04. The molecule has 0 bridgehead atoms. The number of aliphatic hydroxyl groups excluding tert-OH is 2. The van der Waals surface area contributed by atoms with Gasteiger partial charge in [0.15, 0.2) is 12.6 Å². The van der Waals surface area contributed by atoms with Crippen molar-refractivity contribution in [3.05, 3.63) is 59.7 Å². The van der Waals surface area contributed by atoms with Crippen molar-refractivity contribution in [3.63, 3.8) is 0 Å². The third-order valence-corrected chi connectivity index (χ3v) is 2.76. The van der Waals surface area contributed by atoms with E-state index in [0.29, 0.717) is 16.7 Å². The van der Waals surface area contributed by atoms with Crippen LogP contribution in [-0.4, -0.2) is 20.4 Å². The molecule has 0 amide bonds. The minimum absolute atomic E-state index is 0.390. The molecule has 0 heterocycles. The third-order valence-electron chi connectivity index (χ3n) is 2.76. The first-order valence-electron chi connectivity index (χ1n) is 5.51. The van der Waals surface area contributed by atoms with Gasteiger partial charge in [0.05, 0.1) is 0 Å². The predicted octanol–water partition coefficient (Wildman–Crippen LogP) is 1.32. The summed E-state index contributed by atoms with van der Waals surface area (Å²) in [7, 11) is 0. The van der Waals surface area contributed by atoms with Gasteiger partial charge in [-0.25, -0.2) is 0 Å². The van der Waals surface area contributed by atoms with E-state index in [1.807, 2.05) is 0 Å². The first kappa shape index (κ1) is 12.7. The Morgan fingerprint density at radius 3 is 1.83 bits per heavy atom. The molecule has 0 aromatic heterocycles. The van der Waals surface area contributed by atoms with Gasteiger partial charge in [0.2, 0.25) is 0 Å². The number of rotatable bonds is 3. The van der Waals surface area contributed by atoms with Gasteiger partial charge in [0.1, 0.15) is 0 Å². The highest BCUT2D eigenvalue weighted by Crippen LogP contribution is 2.28. The molecule has 18 heavy (non-hydrogen) atoms. The van der Waals surface area contributed by atoms with E-state index in [1.54, 1.807) is 48.5 Å². The van der Waals surface area contributed by atoms with Gasteiger partial charge >= 0.3 is 0 Å². The van der Waals surface area contributed by atoms with E-state index in [4.69, 9.17) is 10.2 Å². The monoisotopic (exact) mass is 246 g/mol. The highest BCUT2D eigenvalue weighted by atomic mass is 16.5.